The summed E-state index contributed by atoms with van der Waals surface area (Å²) in [5.74, 6) is -1.81. The number of nitrogens with zero attached hydrogens (tertiary/aromatic N) is 1. The van der Waals surface area contributed by atoms with Gasteiger partial charge in [-0.3, -0.25) is 14.4 Å². The molecule has 0 aliphatic heterocycles. The minimum atomic E-state index is -1.07. The molecule has 7 heteroatoms. The largest absolute Gasteiger partial charge is 0.480 e. The van der Waals surface area contributed by atoms with Crippen LogP contribution < -0.4 is 5.32 Å². The van der Waals surface area contributed by atoms with E-state index < -0.39 is 11.9 Å². The summed E-state index contributed by atoms with van der Waals surface area (Å²) >= 11 is 1.34. The second-order valence-electron chi connectivity index (χ2n) is 3.89. The predicted octanol–water partition coefficient (Wildman–Crippen LogP) is 0.719. The van der Waals surface area contributed by atoms with Gasteiger partial charge in [0.1, 0.15) is 6.54 Å². The second-order valence-corrected chi connectivity index (χ2v) is 5.18. The molecule has 6 nitrogen and oxygen atoms in total. The summed E-state index contributed by atoms with van der Waals surface area (Å²) in [6.07, 6.45) is 0. The molecule has 1 aromatic rings. The molecule has 0 aromatic carbocycles. The van der Waals surface area contributed by atoms with Crippen LogP contribution >= 0.6 is 11.3 Å². The molecule has 0 bridgehead atoms. The molecule has 0 saturated heterocycles. The lowest BCUT2D eigenvalue weighted by atomic mass is 10.4. The number of hydrogen-bond acceptors (Lipinski definition) is 4. The maximum atomic E-state index is 11.7. The third-order valence-corrected chi connectivity index (χ3v) is 3.42. The highest BCUT2D eigenvalue weighted by molar-refractivity contribution is 7.13. The summed E-state index contributed by atoms with van der Waals surface area (Å²) in [5.41, 5.74) is 0. The molecule has 0 saturated carbocycles. The van der Waals surface area contributed by atoms with Crippen LogP contribution in [-0.4, -0.2) is 47.4 Å². The van der Waals surface area contributed by atoms with Crippen molar-refractivity contribution in [3.63, 3.8) is 0 Å². The third kappa shape index (κ3) is 4.70. The molecule has 19 heavy (non-hydrogen) atoms. The number of rotatable bonds is 6. The highest BCUT2D eigenvalue weighted by Gasteiger charge is 2.16. The van der Waals surface area contributed by atoms with Crippen LogP contribution in [0.1, 0.15) is 21.5 Å². The van der Waals surface area contributed by atoms with Gasteiger partial charge in [-0.05, 0) is 26.0 Å². The van der Waals surface area contributed by atoms with Crippen molar-refractivity contribution in [2.24, 2.45) is 0 Å². The lowest BCUT2D eigenvalue weighted by Crippen LogP contribution is -2.42. The molecular formula is C12H16N2O4S. The first kappa shape index (κ1) is 15.2. The van der Waals surface area contributed by atoms with E-state index in [9.17, 15) is 14.4 Å². The molecule has 1 heterocycles. The molecule has 0 atom stereocenters. The molecule has 104 valence electrons. The Morgan fingerprint density at radius 1 is 1.37 bits per heavy atom. The predicted molar refractivity (Wildman–Crippen MR) is 71.3 cm³/mol. The van der Waals surface area contributed by atoms with E-state index in [0.717, 1.165) is 4.88 Å². The van der Waals surface area contributed by atoms with E-state index in [1.807, 2.05) is 13.0 Å². The van der Waals surface area contributed by atoms with Crippen molar-refractivity contribution < 1.29 is 19.5 Å². The normalized spacial score (nSPS) is 10.0. The van der Waals surface area contributed by atoms with Crippen LogP contribution in [0.3, 0.4) is 0 Å². The highest BCUT2D eigenvalue weighted by atomic mass is 32.1. The van der Waals surface area contributed by atoms with Gasteiger partial charge in [0.2, 0.25) is 5.91 Å². The Kier molecular flexibility index (Phi) is 5.50. The van der Waals surface area contributed by atoms with Crippen LogP contribution in [0.25, 0.3) is 0 Å². The van der Waals surface area contributed by atoms with E-state index in [0.29, 0.717) is 11.4 Å². The quantitative estimate of drug-likeness (QED) is 0.806. The zero-order chi connectivity index (χ0) is 14.4. The standard InChI is InChI=1S/C12H16N2O4S/c1-3-14(7-11(16)17)10(15)6-13-12(18)9-5-4-8(2)19-9/h4-5H,3,6-7H2,1-2H3,(H,13,18)(H,16,17). The molecular weight excluding hydrogens is 268 g/mol. The van der Waals surface area contributed by atoms with Gasteiger partial charge in [0, 0.05) is 11.4 Å². The lowest BCUT2D eigenvalue weighted by molar-refractivity contribution is -0.143. The van der Waals surface area contributed by atoms with Crippen LogP contribution in [0.2, 0.25) is 0 Å². The first-order chi connectivity index (χ1) is 8.93. The molecule has 0 aliphatic carbocycles. The maximum Gasteiger partial charge on any atom is 0.323 e. The van der Waals surface area contributed by atoms with Gasteiger partial charge < -0.3 is 15.3 Å². The fourth-order valence-corrected chi connectivity index (χ4v) is 2.23. The molecule has 0 aliphatic rings. The van der Waals surface area contributed by atoms with Crippen LogP contribution in [-0.2, 0) is 9.59 Å². The summed E-state index contributed by atoms with van der Waals surface area (Å²) in [6, 6.07) is 3.51. The van der Waals surface area contributed by atoms with E-state index in [1.165, 1.54) is 16.2 Å². The number of nitrogens with one attached hydrogen (secondary N) is 1. The molecule has 0 fully saturated rings. The minimum absolute atomic E-state index is 0.198. The zero-order valence-corrected chi connectivity index (χ0v) is 11.6. The Morgan fingerprint density at radius 2 is 2.05 bits per heavy atom. The first-order valence-corrected chi connectivity index (χ1v) is 6.60. The topological polar surface area (TPSA) is 86.7 Å². The van der Waals surface area contributed by atoms with Crippen molar-refractivity contribution >= 4 is 29.1 Å². The van der Waals surface area contributed by atoms with Crippen molar-refractivity contribution in [2.75, 3.05) is 19.6 Å². The first-order valence-electron chi connectivity index (χ1n) is 5.78. The van der Waals surface area contributed by atoms with Gasteiger partial charge in [-0.25, -0.2) is 0 Å². The van der Waals surface area contributed by atoms with E-state index in [2.05, 4.69) is 5.32 Å². The number of thiophene rings is 1. The van der Waals surface area contributed by atoms with Crippen molar-refractivity contribution in [3.05, 3.63) is 21.9 Å². The number of hydrogen-bond donors (Lipinski definition) is 2. The van der Waals surface area contributed by atoms with Gasteiger partial charge in [0.15, 0.2) is 0 Å². The summed E-state index contributed by atoms with van der Waals surface area (Å²) < 4.78 is 0. The van der Waals surface area contributed by atoms with E-state index in [1.54, 1.807) is 13.0 Å². The lowest BCUT2D eigenvalue weighted by Gasteiger charge is -2.18. The van der Waals surface area contributed by atoms with Crippen molar-refractivity contribution in [1.82, 2.24) is 10.2 Å². The van der Waals surface area contributed by atoms with Gasteiger partial charge in [0.25, 0.3) is 5.91 Å². The summed E-state index contributed by atoms with van der Waals surface area (Å²) in [4.78, 5) is 36.7. The Morgan fingerprint density at radius 3 is 2.53 bits per heavy atom. The number of carboxylic acids is 1. The average Bonchev–Trinajstić information content (AvgIpc) is 2.79. The van der Waals surface area contributed by atoms with Crippen LogP contribution in [0.4, 0.5) is 0 Å². The van der Waals surface area contributed by atoms with Gasteiger partial charge >= 0.3 is 5.97 Å². The van der Waals surface area contributed by atoms with E-state index >= 15 is 0 Å². The Hall–Kier alpha value is -1.89. The van der Waals surface area contributed by atoms with Gasteiger partial charge in [-0.2, -0.15) is 0 Å². The zero-order valence-electron chi connectivity index (χ0n) is 10.8. The Labute approximate surface area is 115 Å². The van der Waals surface area contributed by atoms with Crippen LogP contribution in [0.15, 0.2) is 12.1 Å². The van der Waals surface area contributed by atoms with Crippen molar-refractivity contribution in [3.8, 4) is 0 Å². The van der Waals surface area contributed by atoms with Crippen molar-refractivity contribution in [1.29, 1.82) is 0 Å². The molecule has 2 amide bonds. The monoisotopic (exact) mass is 284 g/mol. The Balaban J connectivity index is 2.49. The van der Waals surface area contributed by atoms with Gasteiger partial charge in [-0.15, -0.1) is 11.3 Å². The number of carbonyl (C=O) groups is 3. The van der Waals surface area contributed by atoms with E-state index in [-0.39, 0.29) is 19.0 Å². The number of carbonyl (C=O) groups excluding carboxylic acids is 2. The summed E-state index contributed by atoms with van der Waals surface area (Å²) in [7, 11) is 0. The number of amides is 2. The molecule has 2 N–H and O–H groups in total. The van der Waals surface area contributed by atoms with Crippen molar-refractivity contribution in [2.45, 2.75) is 13.8 Å². The fourth-order valence-electron chi connectivity index (χ4n) is 1.45. The molecule has 0 unspecified atom stereocenters. The Bertz CT molecular complexity index is 484. The van der Waals surface area contributed by atoms with Crippen LogP contribution in [0, 0.1) is 6.92 Å². The second kappa shape index (κ2) is 6.89. The van der Waals surface area contributed by atoms with Gasteiger partial charge in [-0.1, -0.05) is 0 Å². The number of aliphatic carboxylic acids is 1. The highest BCUT2D eigenvalue weighted by Crippen LogP contribution is 2.14. The average molecular weight is 284 g/mol. The molecule has 1 aromatic heterocycles. The molecule has 0 spiro atoms. The SMILES string of the molecule is CCN(CC(=O)O)C(=O)CNC(=O)c1ccc(C)s1. The van der Waals surface area contributed by atoms with E-state index in [4.69, 9.17) is 5.11 Å². The third-order valence-electron chi connectivity index (χ3n) is 2.42. The fraction of sp³-hybridized carbons (Fsp3) is 0.417. The number of aryl methyl sites for hydroxylation is 1. The number of carboxylic acid groups (broad SMARTS) is 1. The maximum absolute atomic E-state index is 11.7. The molecule has 0 radical (unpaired) electrons. The molecule has 1 rings (SSSR count). The van der Waals surface area contributed by atoms with Gasteiger partial charge in [0.05, 0.1) is 11.4 Å². The minimum Gasteiger partial charge on any atom is -0.480 e. The summed E-state index contributed by atoms with van der Waals surface area (Å²) in [5, 5.41) is 11.1. The number of likely N-dealkylation sites (N-methyl/N-ethyl adjacent to an activating group) is 1. The van der Waals surface area contributed by atoms with Crippen LogP contribution in [0.5, 0.6) is 0 Å². The summed E-state index contributed by atoms with van der Waals surface area (Å²) in [6.45, 7) is 3.31. The smallest absolute Gasteiger partial charge is 0.323 e.